The van der Waals surface area contributed by atoms with Crippen LogP contribution in [-0.4, -0.2) is 17.1 Å². The molecule has 0 bridgehead atoms. The average molecular weight is 311 g/mol. The molecule has 0 atom stereocenters. The molecule has 4 heteroatoms. The van der Waals surface area contributed by atoms with E-state index in [4.69, 9.17) is 16.3 Å². The summed E-state index contributed by atoms with van der Waals surface area (Å²) in [6.45, 7) is 1.96. The van der Waals surface area contributed by atoms with Crippen molar-refractivity contribution in [3.8, 4) is 28.1 Å². The molecule has 3 rings (SSSR count). The largest absolute Gasteiger partial charge is 0.497 e. The molecule has 22 heavy (non-hydrogen) atoms. The number of aryl methyl sites for hydroxylation is 1. The van der Waals surface area contributed by atoms with Crippen LogP contribution in [0, 0.1) is 6.92 Å². The van der Waals surface area contributed by atoms with E-state index in [1.54, 1.807) is 13.3 Å². The molecule has 0 amide bonds. The average Bonchev–Trinajstić information content (AvgIpc) is 2.56. The molecule has 3 aromatic rings. The van der Waals surface area contributed by atoms with Crippen LogP contribution < -0.4 is 4.74 Å². The standard InChI is InChI=1S/C18H15ClN2O/c1-12-3-4-14(10-20-12)18-17(9-15(19)11-21-18)13-5-7-16(22-2)8-6-13/h3-11H,1-2H3. The monoisotopic (exact) mass is 310 g/mol. The molecule has 1 aromatic carbocycles. The highest BCUT2D eigenvalue weighted by atomic mass is 35.5. The van der Waals surface area contributed by atoms with Crippen molar-refractivity contribution in [2.24, 2.45) is 0 Å². The predicted molar refractivity (Wildman–Crippen MR) is 89.2 cm³/mol. The van der Waals surface area contributed by atoms with Crippen LogP contribution in [0.2, 0.25) is 5.02 Å². The Kier molecular flexibility index (Phi) is 4.07. The molecular weight excluding hydrogens is 296 g/mol. The molecule has 0 aliphatic heterocycles. The number of pyridine rings is 2. The maximum absolute atomic E-state index is 6.14. The van der Waals surface area contributed by atoms with Crippen LogP contribution in [0.5, 0.6) is 5.75 Å². The van der Waals surface area contributed by atoms with Crippen LogP contribution in [0.4, 0.5) is 0 Å². The van der Waals surface area contributed by atoms with Crippen molar-refractivity contribution >= 4 is 11.6 Å². The Bertz CT molecular complexity index is 783. The summed E-state index contributed by atoms with van der Waals surface area (Å²) in [4.78, 5) is 8.84. The summed E-state index contributed by atoms with van der Waals surface area (Å²) in [6.07, 6.45) is 3.49. The van der Waals surface area contributed by atoms with Gasteiger partial charge in [0.15, 0.2) is 0 Å². The lowest BCUT2D eigenvalue weighted by Crippen LogP contribution is -1.91. The predicted octanol–water partition coefficient (Wildman–Crippen LogP) is 4.78. The lowest BCUT2D eigenvalue weighted by molar-refractivity contribution is 0.415. The van der Waals surface area contributed by atoms with Crippen molar-refractivity contribution in [3.63, 3.8) is 0 Å². The molecule has 0 unspecified atom stereocenters. The third-order valence-corrected chi connectivity index (χ3v) is 3.65. The van der Waals surface area contributed by atoms with Gasteiger partial charge in [0, 0.05) is 29.2 Å². The van der Waals surface area contributed by atoms with Gasteiger partial charge in [-0.05, 0) is 42.8 Å². The van der Waals surface area contributed by atoms with Gasteiger partial charge in [-0.15, -0.1) is 0 Å². The summed E-state index contributed by atoms with van der Waals surface area (Å²) in [5.74, 6) is 0.817. The fourth-order valence-corrected chi connectivity index (χ4v) is 2.43. The Morgan fingerprint density at radius 2 is 1.64 bits per heavy atom. The van der Waals surface area contributed by atoms with Crippen LogP contribution in [0.25, 0.3) is 22.4 Å². The van der Waals surface area contributed by atoms with Crippen LogP contribution in [0.15, 0.2) is 54.9 Å². The van der Waals surface area contributed by atoms with Crippen molar-refractivity contribution in [1.29, 1.82) is 0 Å². The Morgan fingerprint density at radius 3 is 2.27 bits per heavy atom. The molecule has 2 aromatic heterocycles. The zero-order valence-corrected chi connectivity index (χ0v) is 13.1. The van der Waals surface area contributed by atoms with Crippen molar-refractivity contribution < 1.29 is 4.74 Å². The van der Waals surface area contributed by atoms with Crippen LogP contribution >= 0.6 is 11.6 Å². The van der Waals surface area contributed by atoms with E-state index in [2.05, 4.69) is 9.97 Å². The third kappa shape index (κ3) is 2.95. The fourth-order valence-electron chi connectivity index (χ4n) is 2.27. The van der Waals surface area contributed by atoms with Gasteiger partial charge in [0.05, 0.1) is 17.8 Å². The van der Waals surface area contributed by atoms with E-state index in [1.807, 2.05) is 55.6 Å². The molecule has 2 heterocycles. The minimum atomic E-state index is 0.606. The molecule has 110 valence electrons. The number of hydrogen-bond acceptors (Lipinski definition) is 3. The van der Waals surface area contributed by atoms with E-state index in [9.17, 15) is 0 Å². The number of aromatic nitrogens is 2. The minimum absolute atomic E-state index is 0.606. The summed E-state index contributed by atoms with van der Waals surface area (Å²) >= 11 is 6.14. The maximum Gasteiger partial charge on any atom is 0.118 e. The minimum Gasteiger partial charge on any atom is -0.497 e. The topological polar surface area (TPSA) is 35.0 Å². The number of rotatable bonds is 3. The molecule has 0 aliphatic rings. The van der Waals surface area contributed by atoms with E-state index < -0.39 is 0 Å². The SMILES string of the molecule is COc1ccc(-c2cc(Cl)cnc2-c2ccc(C)nc2)cc1. The zero-order chi connectivity index (χ0) is 15.5. The van der Waals surface area contributed by atoms with E-state index in [1.165, 1.54) is 0 Å². The highest BCUT2D eigenvalue weighted by molar-refractivity contribution is 6.30. The van der Waals surface area contributed by atoms with Gasteiger partial charge in [-0.3, -0.25) is 9.97 Å². The summed E-state index contributed by atoms with van der Waals surface area (Å²) in [5.41, 5.74) is 4.81. The van der Waals surface area contributed by atoms with E-state index >= 15 is 0 Å². The molecule has 0 N–H and O–H groups in total. The Balaban J connectivity index is 2.13. The number of benzene rings is 1. The van der Waals surface area contributed by atoms with Crippen molar-refractivity contribution in [2.75, 3.05) is 7.11 Å². The molecule has 0 saturated carbocycles. The lowest BCUT2D eigenvalue weighted by Gasteiger charge is -2.10. The molecule has 0 saturated heterocycles. The van der Waals surface area contributed by atoms with Crippen LogP contribution in [0.3, 0.4) is 0 Å². The number of methoxy groups -OCH3 is 1. The van der Waals surface area contributed by atoms with Crippen LogP contribution in [-0.2, 0) is 0 Å². The summed E-state index contributed by atoms with van der Waals surface area (Å²) < 4.78 is 5.21. The molecule has 0 radical (unpaired) electrons. The smallest absolute Gasteiger partial charge is 0.118 e. The first kappa shape index (κ1) is 14.5. The number of ether oxygens (including phenoxy) is 1. The second-order valence-electron chi connectivity index (χ2n) is 4.97. The third-order valence-electron chi connectivity index (χ3n) is 3.44. The Morgan fingerprint density at radius 1 is 0.909 bits per heavy atom. The number of nitrogens with zero attached hydrogens (tertiary/aromatic N) is 2. The molecule has 3 nitrogen and oxygen atoms in total. The molecule has 0 spiro atoms. The van der Waals surface area contributed by atoms with Crippen molar-refractivity contribution in [1.82, 2.24) is 9.97 Å². The fraction of sp³-hybridized carbons (Fsp3) is 0.111. The first-order valence-electron chi connectivity index (χ1n) is 6.90. The molecule has 0 fully saturated rings. The van der Waals surface area contributed by atoms with E-state index in [-0.39, 0.29) is 0 Å². The lowest BCUT2D eigenvalue weighted by atomic mass is 10.00. The van der Waals surface area contributed by atoms with Gasteiger partial charge in [0.2, 0.25) is 0 Å². The first-order valence-corrected chi connectivity index (χ1v) is 7.28. The molecule has 0 aliphatic carbocycles. The van der Waals surface area contributed by atoms with E-state index in [0.29, 0.717) is 5.02 Å². The number of hydrogen-bond donors (Lipinski definition) is 0. The summed E-state index contributed by atoms with van der Waals surface area (Å²) in [6, 6.07) is 13.8. The molecular formula is C18H15ClN2O. The Hall–Kier alpha value is -2.39. The highest BCUT2D eigenvalue weighted by Crippen LogP contribution is 2.32. The Labute approximate surface area is 134 Å². The van der Waals surface area contributed by atoms with Gasteiger partial charge in [-0.25, -0.2) is 0 Å². The highest BCUT2D eigenvalue weighted by Gasteiger charge is 2.10. The van der Waals surface area contributed by atoms with Gasteiger partial charge in [-0.2, -0.15) is 0 Å². The van der Waals surface area contributed by atoms with Gasteiger partial charge < -0.3 is 4.74 Å². The second kappa shape index (κ2) is 6.16. The van der Waals surface area contributed by atoms with Gasteiger partial charge in [-0.1, -0.05) is 23.7 Å². The number of halogens is 1. The zero-order valence-electron chi connectivity index (χ0n) is 12.4. The van der Waals surface area contributed by atoms with Crippen LogP contribution in [0.1, 0.15) is 5.69 Å². The quantitative estimate of drug-likeness (QED) is 0.698. The summed E-state index contributed by atoms with van der Waals surface area (Å²) in [7, 11) is 1.65. The first-order chi connectivity index (χ1) is 10.7. The second-order valence-corrected chi connectivity index (χ2v) is 5.40. The van der Waals surface area contributed by atoms with Gasteiger partial charge >= 0.3 is 0 Å². The normalized spacial score (nSPS) is 10.5. The maximum atomic E-state index is 6.14. The van der Waals surface area contributed by atoms with Crippen molar-refractivity contribution in [3.05, 3.63) is 65.6 Å². The van der Waals surface area contributed by atoms with E-state index in [0.717, 1.165) is 33.8 Å². The van der Waals surface area contributed by atoms with Crippen molar-refractivity contribution in [2.45, 2.75) is 6.92 Å². The van der Waals surface area contributed by atoms with Gasteiger partial charge in [0.1, 0.15) is 5.75 Å². The summed E-state index contributed by atoms with van der Waals surface area (Å²) in [5, 5.41) is 0.606. The van der Waals surface area contributed by atoms with Gasteiger partial charge in [0.25, 0.3) is 0 Å².